The molecular weight excluding hydrogens is 447 g/mol. The van der Waals surface area contributed by atoms with E-state index in [2.05, 4.69) is 15.1 Å². The van der Waals surface area contributed by atoms with Gasteiger partial charge in [-0.15, -0.1) is 0 Å². The highest BCUT2D eigenvalue weighted by Crippen LogP contribution is 2.31. The number of nitrogens with one attached hydrogen (secondary N) is 1. The van der Waals surface area contributed by atoms with E-state index >= 15 is 0 Å². The van der Waals surface area contributed by atoms with Crippen LogP contribution < -0.4 is 10.2 Å². The molecule has 178 valence electrons. The van der Waals surface area contributed by atoms with Crippen LogP contribution in [0.4, 0.5) is 14.9 Å². The third kappa shape index (κ3) is 5.69. The van der Waals surface area contributed by atoms with Gasteiger partial charge in [-0.3, -0.25) is 4.90 Å². The normalized spacial score (nSPS) is 20.5. The van der Waals surface area contributed by atoms with Crippen molar-refractivity contribution in [3.05, 3.63) is 58.9 Å². The molecule has 2 amide bonds. The fraction of sp³-hybridized carbons (Fsp3) is 0.458. The van der Waals surface area contributed by atoms with E-state index in [9.17, 15) is 14.3 Å². The molecule has 0 aromatic heterocycles. The second-order valence-electron chi connectivity index (χ2n) is 8.51. The van der Waals surface area contributed by atoms with Gasteiger partial charge < -0.3 is 25.0 Å². The second kappa shape index (κ2) is 10.6. The summed E-state index contributed by atoms with van der Waals surface area (Å²) in [4.78, 5) is 19.0. The predicted molar refractivity (Wildman–Crippen MR) is 126 cm³/mol. The van der Waals surface area contributed by atoms with Crippen molar-refractivity contribution in [3.8, 4) is 5.75 Å². The van der Waals surface area contributed by atoms with Crippen molar-refractivity contribution in [2.75, 3.05) is 57.3 Å². The van der Waals surface area contributed by atoms with Crippen molar-refractivity contribution in [1.29, 1.82) is 0 Å². The fourth-order valence-electron chi connectivity index (χ4n) is 4.52. The van der Waals surface area contributed by atoms with Crippen LogP contribution in [0.3, 0.4) is 0 Å². The largest absolute Gasteiger partial charge is 0.508 e. The number of rotatable bonds is 5. The molecule has 2 aliphatic heterocycles. The molecule has 2 aromatic rings. The van der Waals surface area contributed by atoms with E-state index < -0.39 is 0 Å². The van der Waals surface area contributed by atoms with E-state index in [1.807, 2.05) is 19.1 Å². The van der Waals surface area contributed by atoms with Crippen LogP contribution in [-0.4, -0.2) is 79.5 Å². The first kappa shape index (κ1) is 23.6. The molecule has 0 bridgehead atoms. The first-order valence-electron chi connectivity index (χ1n) is 11.3. The third-order valence-corrected chi connectivity index (χ3v) is 6.58. The molecule has 2 atom stereocenters. The number of phenolic OH excluding ortho intramolecular Hbond substituents is 1. The second-order valence-corrected chi connectivity index (χ2v) is 8.91. The van der Waals surface area contributed by atoms with Crippen LogP contribution >= 0.6 is 11.6 Å². The maximum absolute atomic E-state index is 14.8. The number of morpholine rings is 1. The molecule has 0 radical (unpaired) electrons. The van der Waals surface area contributed by atoms with E-state index in [-0.39, 0.29) is 36.3 Å². The standard InChI is InChI=1S/C24H30ClFN4O3/c1-17-16-30(12-13-33-17)22(23-20(25)6-3-7-21(23)26)15-27-24(32)29-10-8-28(9-11-29)18-4-2-5-19(31)14-18/h2-7,14,17,22,31H,8-13,15-16H2,1H3,(H,27,32). The van der Waals surface area contributed by atoms with Crippen LogP contribution in [0.1, 0.15) is 18.5 Å². The smallest absolute Gasteiger partial charge is 0.317 e. The van der Waals surface area contributed by atoms with Crippen molar-refractivity contribution in [1.82, 2.24) is 15.1 Å². The number of hydrogen-bond donors (Lipinski definition) is 2. The lowest BCUT2D eigenvalue weighted by atomic mass is 10.0. The maximum Gasteiger partial charge on any atom is 0.317 e. The number of aromatic hydroxyl groups is 1. The minimum Gasteiger partial charge on any atom is -0.508 e. The number of carbonyl (C=O) groups is 1. The van der Waals surface area contributed by atoms with Crippen molar-refractivity contribution < 1.29 is 19.0 Å². The summed E-state index contributed by atoms with van der Waals surface area (Å²) in [5, 5.41) is 13.1. The molecule has 33 heavy (non-hydrogen) atoms. The first-order valence-corrected chi connectivity index (χ1v) is 11.7. The number of amides is 2. The van der Waals surface area contributed by atoms with Crippen molar-refractivity contribution in [2.45, 2.75) is 19.1 Å². The molecule has 2 saturated heterocycles. The van der Waals surface area contributed by atoms with Gasteiger partial charge in [0.1, 0.15) is 11.6 Å². The van der Waals surface area contributed by atoms with Gasteiger partial charge >= 0.3 is 6.03 Å². The number of carbonyl (C=O) groups excluding carboxylic acids is 1. The average molecular weight is 477 g/mol. The Labute approximate surface area is 198 Å². The molecule has 2 fully saturated rings. The van der Waals surface area contributed by atoms with Gasteiger partial charge in [0, 0.05) is 68.2 Å². The Hall–Kier alpha value is -2.55. The van der Waals surface area contributed by atoms with Crippen LogP contribution in [0.25, 0.3) is 0 Å². The Morgan fingerprint density at radius 1 is 1.21 bits per heavy atom. The van der Waals surface area contributed by atoms with Gasteiger partial charge in [-0.2, -0.15) is 0 Å². The molecule has 9 heteroatoms. The zero-order chi connectivity index (χ0) is 23.4. The fourth-order valence-corrected chi connectivity index (χ4v) is 4.81. The number of benzene rings is 2. The van der Waals surface area contributed by atoms with Crippen LogP contribution in [0.5, 0.6) is 5.75 Å². The number of hydrogen-bond acceptors (Lipinski definition) is 5. The molecule has 0 spiro atoms. The Kier molecular flexibility index (Phi) is 7.57. The van der Waals surface area contributed by atoms with Gasteiger partial charge in [0.05, 0.1) is 18.8 Å². The molecule has 2 unspecified atom stereocenters. The van der Waals surface area contributed by atoms with Gasteiger partial charge in [-0.1, -0.05) is 23.7 Å². The molecular formula is C24H30ClFN4O3. The van der Waals surface area contributed by atoms with E-state index in [0.29, 0.717) is 56.5 Å². The molecule has 0 saturated carbocycles. The summed E-state index contributed by atoms with van der Waals surface area (Å²) in [6.45, 7) is 6.50. The Morgan fingerprint density at radius 2 is 1.97 bits per heavy atom. The van der Waals surface area contributed by atoms with E-state index in [0.717, 1.165) is 5.69 Å². The van der Waals surface area contributed by atoms with Gasteiger partial charge in [0.2, 0.25) is 0 Å². The summed E-state index contributed by atoms with van der Waals surface area (Å²) >= 11 is 6.38. The quantitative estimate of drug-likeness (QED) is 0.691. The van der Waals surface area contributed by atoms with Crippen LogP contribution in [0.2, 0.25) is 5.02 Å². The van der Waals surface area contributed by atoms with Crippen LogP contribution in [0.15, 0.2) is 42.5 Å². The maximum atomic E-state index is 14.8. The minimum absolute atomic E-state index is 0.0213. The summed E-state index contributed by atoms with van der Waals surface area (Å²) in [5.74, 6) is -0.149. The minimum atomic E-state index is -0.386. The van der Waals surface area contributed by atoms with Crippen LogP contribution in [0, 0.1) is 5.82 Å². The van der Waals surface area contributed by atoms with Crippen molar-refractivity contribution in [3.63, 3.8) is 0 Å². The van der Waals surface area contributed by atoms with E-state index in [4.69, 9.17) is 16.3 Å². The molecule has 7 nitrogen and oxygen atoms in total. The lowest BCUT2D eigenvalue weighted by Gasteiger charge is -2.39. The molecule has 0 aliphatic carbocycles. The number of urea groups is 1. The zero-order valence-electron chi connectivity index (χ0n) is 18.7. The van der Waals surface area contributed by atoms with Crippen molar-refractivity contribution in [2.24, 2.45) is 0 Å². The molecule has 2 aliphatic rings. The molecule has 2 N–H and O–H groups in total. The molecule has 4 rings (SSSR count). The highest BCUT2D eigenvalue weighted by atomic mass is 35.5. The molecule has 2 heterocycles. The lowest BCUT2D eigenvalue weighted by Crippen LogP contribution is -2.53. The Balaban J connectivity index is 1.40. The van der Waals surface area contributed by atoms with E-state index in [1.54, 1.807) is 29.2 Å². The first-order chi connectivity index (χ1) is 15.9. The number of phenols is 1. The van der Waals surface area contributed by atoms with Crippen LogP contribution in [-0.2, 0) is 4.74 Å². The zero-order valence-corrected chi connectivity index (χ0v) is 19.5. The number of anilines is 1. The lowest BCUT2D eigenvalue weighted by molar-refractivity contribution is -0.0346. The number of piperazine rings is 1. The topological polar surface area (TPSA) is 68.3 Å². The van der Waals surface area contributed by atoms with Crippen molar-refractivity contribution >= 4 is 23.3 Å². The summed E-state index contributed by atoms with van der Waals surface area (Å²) in [6.07, 6.45) is 0.0213. The summed E-state index contributed by atoms with van der Waals surface area (Å²) in [5.41, 5.74) is 1.34. The summed E-state index contributed by atoms with van der Waals surface area (Å²) in [7, 11) is 0. The third-order valence-electron chi connectivity index (χ3n) is 6.25. The average Bonchev–Trinajstić information content (AvgIpc) is 2.81. The van der Waals surface area contributed by atoms with Gasteiger partial charge in [0.15, 0.2) is 0 Å². The summed E-state index contributed by atoms with van der Waals surface area (Å²) in [6, 6.07) is 11.2. The number of nitrogens with zero attached hydrogens (tertiary/aromatic N) is 3. The number of halogens is 2. The molecule has 2 aromatic carbocycles. The highest BCUT2D eigenvalue weighted by molar-refractivity contribution is 6.31. The Bertz CT molecular complexity index is 950. The monoisotopic (exact) mass is 476 g/mol. The van der Waals surface area contributed by atoms with Gasteiger partial charge in [-0.05, 0) is 31.2 Å². The van der Waals surface area contributed by atoms with Gasteiger partial charge in [0.25, 0.3) is 0 Å². The predicted octanol–water partition coefficient (Wildman–Crippen LogP) is 3.48. The highest BCUT2D eigenvalue weighted by Gasteiger charge is 2.30. The SMILES string of the molecule is CC1CN(C(CNC(=O)N2CCN(c3cccc(O)c3)CC2)c2c(F)cccc2Cl)CCO1. The number of ether oxygens (including phenoxy) is 1. The van der Waals surface area contributed by atoms with E-state index in [1.165, 1.54) is 6.07 Å². The van der Waals surface area contributed by atoms with Gasteiger partial charge in [-0.25, -0.2) is 9.18 Å². The summed E-state index contributed by atoms with van der Waals surface area (Å²) < 4.78 is 20.4. The Morgan fingerprint density at radius 3 is 2.67 bits per heavy atom.